The Morgan fingerprint density at radius 2 is 1.89 bits per heavy atom. The zero-order valence-electron chi connectivity index (χ0n) is 10.5. The lowest BCUT2D eigenvalue weighted by Crippen LogP contribution is -2.14. The summed E-state index contributed by atoms with van der Waals surface area (Å²) in [6, 6.07) is 9.57. The highest BCUT2D eigenvalue weighted by atomic mass is 35.5. The predicted octanol–water partition coefficient (Wildman–Crippen LogP) is 4.68. The minimum atomic E-state index is -0.313. The van der Waals surface area contributed by atoms with Crippen LogP contribution in [0.2, 0.25) is 10.0 Å². The highest BCUT2D eigenvalue weighted by Crippen LogP contribution is 2.28. The number of benzene rings is 2. The minimum absolute atomic E-state index is 0.259. The number of nitrogens with two attached hydrogens (primary N) is 1. The van der Waals surface area contributed by atoms with E-state index in [0.717, 1.165) is 16.7 Å². The quantitative estimate of drug-likeness (QED) is 0.874. The van der Waals surface area contributed by atoms with Crippen LogP contribution in [-0.4, -0.2) is 0 Å². The first-order chi connectivity index (χ1) is 8.97. The van der Waals surface area contributed by atoms with Gasteiger partial charge >= 0.3 is 0 Å². The first-order valence-corrected chi connectivity index (χ1v) is 6.68. The van der Waals surface area contributed by atoms with E-state index in [9.17, 15) is 4.39 Å². The zero-order valence-corrected chi connectivity index (χ0v) is 12.0. The normalized spacial score (nSPS) is 12.5. The van der Waals surface area contributed by atoms with Gasteiger partial charge in [-0.25, -0.2) is 4.39 Å². The summed E-state index contributed by atoms with van der Waals surface area (Å²) in [4.78, 5) is 0. The summed E-state index contributed by atoms with van der Waals surface area (Å²) in [5, 5.41) is 1.16. The molecule has 0 aliphatic heterocycles. The molecule has 1 nitrogen and oxygen atoms in total. The van der Waals surface area contributed by atoms with Gasteiger partial charge in [0.1, 0.15) is 5.82 Å². The van der Waals surface area contributed by atoms with Gasteiger partial charge in [0.25, 0.3) is 0 Å². The van der Waals surface area contributed by atoms with Crippen LogP contribution in [0.4, 0.5) is 4.39 Å². The first kappa shape index (κ1) is 14.3. The molecule has 1 unspecified atom stereocenters. The molecule has 2 N–H and O–H groups in total. The largest absolute Gasteiger partial charge is 0.324 e. The summed E-state index contributed by atoms with van der Waals surface area (Å²) >= 11 is 12.1. The zero-order chi connectivity index (χ0) is 14.0. The van der Waals surface area contributed by atoms with E-state index in [0.29, 0.717) is 16.5 Å². The van der Waals surface area contributed by atoms with Gasteiger partial charge in [-0.15, -0.1) is 0 Å². The molecule has 2 rings (SSSR count). The number of hydrogen-bond donors (Lipinski definition) is 1. The van der Waals surface area contributed by atoms with E-state index in [4.69, 9.17) is 28.9 Å². The SMILES string of the molecule is Cc1ccc(F)cc1CC(N)c1cc(Cl)ccc1Cl. The summed E-state index contributed by atoms with van der Waals surface area (Å²) in [6.07, 6.45) is 0.518. The fourth-order valence-corrected chi connectivity index (χ4v) is 2.44. The third-order valence-electron chi connectivity index (χ3n) is 3.11. The average Bonchev–Trinajstić information content (AvgIpc) is 2.36. The van der Waals surface area contributed by atoms with E-state index in [1.807, 2.05) is 6.92 Å². The Bertz CT molecular complexity index is 599. The van der Waals surface area contributed by atoms with Crippen LogP contribution in [0, 0.1) is 12.7 Å². The molecule has 0 spiro atoms. The maximum Gasteiger partial charge on any atom is 0.123 e. The fourth-order valence-electron chi connectivity index (χ4n) is 2.01. The second-order valence-electron chi connectivity index (χ2n) is 4.55. The number of hydrogen-bond acceptors (Lipinski definition) is 1. The van der Waals surface area contributed by atoms with Crippen LogP contribution in [-0.2, 0) is 6.42 Å². The predicted molar refractivity (Wildman–Crippen MR) is 78.2 cm³/mol. The molecule has 2 aromatic rings. The number of rotatable bonds is 3. The molecule has 0 aliphatic rings. The number of aryl methyl sites for hydroxylation is 1. The summed E-state index contributed by atoms with van der Waals surface area (Å²) in [7, 11) is 0. The molecule has 0 aromatic heterocycles. The molecule has 0 heterocycles. The van der Waals surface area contributed by atoms with E-state index in [1.54, 1.807) is 24.3 Å². The first-order valence-electron chi connectivity index (χ1n) is 5.93. The Balaban J connectivity index is 2.27. The molecule has 4 heteroatoms. The van der Waals surface area contributed by atoms with E-state index >= 15 is 0 Å². The van der Waals surface area contributed by atoms with Gasteiger partial charge in [0, 0.05) is 16.1 Å². The van der Waals surface area contributed by atoms with Crippen LogP contribution >= 0.6 is 23.2 Å². The molecular weight excluding hydrogens is 284 g/mol. The van der Waals surface area contributed by atoms with Crippen molar-refractivity contribution in [3.05, 3.63) is 69.0 Å². The maximum absolute atomic E-state index is 13.3. The van der Waals surface area contributed by atoms with Gasteiger partial charge in [0.15, 0.2) is 0 Å². The Hall–Kier alpha value is -1.09. The Labute approximate surface area is 122 Å². The third kappa shape index (κ3) is 3.47. The van der Waals surface area contributed by atoms with Crippen molar-refractivity contribution in [3.8, 4) is 0 Å². The second-order valence-corrected chi connectivity index (χ2v) is 5.39. The van der Waals surface area contributed by atoms with Crippen LogP contribution in [0.1, 0.15) is 22.7 Å². The molecule has 0 amide bonds. The van der Waals surface area contributed by atoms with Crippen molar-refractivity contribution in [1.29, 1.82) is 0 Å². The smallest absolute Gasteiger partial charge is 0.123 e. The van der Waals surface area contributed by atoms with Crippen LogP contribution < -0.4 is 5.73 Å². The van der Waals surface area contributed by atoms with Crippen molar-refractivity contribution in [3.63, 3.8) is 0 Å². The molecule has 19 heavy (non-hydrogen) atoms. The highest BCUT2D eigenvalue weighted by Gasteiger charge is 2.13. The molecule has 2 aromatic carbocycles. The Kier molecular flexibility index (Phi) is 4.46. The van der Waals surface area contributed by atoms with Gasteiger partial charge in [-0.1, -0.05) is 29.3 Å². The molecule has 0 aliphatic carbocycles. The van der Waals surface area contributed by atoms with Gasteiger partial charge < -0.3 is 5.73 Å². The molecule has 0 saturated carbocycles. The van der Waals surface area contributed by atoms with Crippen LogP contribution in [0.25, 0.3) is 0 Å². The minimum Gasteiger partial charge on any atom is -0.324 e. The van der Waals surface area contributed by atoms with E-state index in [-0.39, 0.29) is 11.9 Å². The van der Waals surface area contributed by atoms with Crippen LogP contribution in [0.5, 0.6) is 0 Å². The molecule has 0 radical (unpaired) electrons. The molecule has 0 bridgehead atoms. The average molecular weight is 298 g/mol. The van der Waals surface area contributed by atoms with E-state index in [2.05, 4.69) is 0 Å². The Morgan fingerprint density at radius 3 is 2.63 bits per heavy atom. The van der Waals surface area contributed by atoms with Gasteiger partial charge in [-0.3, -0.25) is 0 Å². The van der Waals surface area contributed by atoms with Crippen molar-refractivity contribution in [2.24, 2.45) is 5.73 Å². The standard InChI is InChI=1S/C15H14Cl2FN/c1-9-2-4-12(18)6-10(9)7-15(19)13-8-11(16)3-5-14(13)17/h2-6,8,15H,7,19H2,1H3. The van der Waals surface area contributed by atoms with Crippen molar-refractivity contribution in [2.75, 3.05) is 0 Å². The van der Waals surface area contributed by atoms with Gasteiger partial charge in [-0.05, 0) is 60.4 Å². The lowest BCUT2D eigenvalue weighted by atomic mass is 9.96. The summed E-state index contributed by atoms with van der Waals surface area (Å²) < 4.78 is 13.3. The molecule has 0 saturated heterocycles. The van der Waals surface area contributed by atoms with Crippen molar-refractivity contribution in [1.82, 2.24) is 0 Å². The van der Waals surface area contributed by atoms with Gasteiger partial charge in [0.2, 0.25) is 0 Å². The summed E-state index contributed by atoms with van der Waals surface area (Å²) in [5.74, 6) is -0.259. The van der Waals surface area contributed by atoms with Crippen molar-refractivity contribution in [2.45, 2.75) is 19.4 Å². The molecule has 1 atom stereocenters. The molecule has 0 fully saturated rings. The summed E-state index contributed by atoms with van der Waals surface area (Å²) in [5.41, 5.74) is 8.81. The third-order valence-corrected chi connectivity index (χ3v) is 3.69. The fraction of sp³-hybridized carbons (Fsp3) is 0.200. The highest BCUT2D eigenvalue weighted by molar-refractivity contribution is 6.33. The van der Waals surface area contributed by atoms with Crippen molar-refractivity contribution >= 4 is 23.2 Å². The lowest BCUT2D eigenvalue weighted by Gasteiger charge is -2.15. The lowest BCUT2D eigenvalue weighted by molar-refractivity contribution is 0.621. The maximum atomic E-state index is 13.3. The number of halogens is 3. The topological polar surface area (TPSA) is 26.0 Å². The summed E-state index contributed by atoms with van der Waals surface area (Å²) in [6.45, 7) is 1.93. The monoisotopic (exact) mass is 297 g/mol. The van der Waals surface area contributed by atoms with Crippen molar-refractivity contribution < 1.29 is 4.39 Å². The van der Waals surface area contributed by atoms with Gasteiger partial charge in [0.05, 0.1) is 0 Å². The van der Waals surface area contributed by atoms with Crippen LogP contribution in [0.3, 0.4) is 0 Å². The van der Waals surface area contributed by atoms with E-state index < -0.39 is 0 Å². The van der Waals surface area contributed by atoms with Crippen LogP contribution in [0.15, 0.2) is 36.4 Å². The molecular formula is C15H14Cl2FN. The van der Waals surface area contributed by atoms with Gasteiger partial charge in [-0.2, -0.15) is 0 Å². The molecule has 100 valence electrons. The second kappa shape index (κ2) is 5.91. The Morgan fingerprint density at radius 1 is 1.16 bits per heavy atom. The van der Waals surface area contributed by atoms with E-state index in [1.165, 1.54) is 12.1 Å².